The molecule has 0 amide bonds. The molecular weight excluding hydrogens is 238 g/mol. The van der Waals surface area contributed by atoms with Gasteiger partial charge in [-0.2, -0.15) is 0 Å². The molecular formula is C15H21N3O. The van der Waals surface area contributed by atoms with E-state index in [1.54, 1.807) is 7.11 Å². The van der Waals surface area contributed by atoms with E-state index in [0.29, 0.717) is 6.61 Å². The molecule has 0 saturated carbocycles. The third-order valence-electron chi connectivity index (χ3n) is 3.02. The molecule has 0 spiro atoms. The van der Waals surface area contributed by atoms with Gasteiger partial charge in [-0.05, 0) is 31.2 Å². The molecule has 1 N–H and O–H groups in total. The van der Waals surface area contributed by atoms with Crippen LogP contribution in [0.2, 0.25) is 0 Å². The van der Waals surface area contributed by atoms with Gasteiger partial charge in [-0.1, -0.05) is 0 Å². The third-order valence-corrected chi connectivity index (χ3v) is 3.02. The topological polar surface area (TPSA) is 37.4 Å². The Bertz CT molecular complexity index is 567. The van der Waals surface area contributed by atoms with Crippen molar-refractivity contribution >= 4 is 22.3 Å². The first-order chi connectivity index (χ1) is 9.15. The smallest absolute Gasteiger partial charge is 0.0885 e. The van der Waals surface area contributed by atoms with Crippen molar-refractivity contribution in [2.24, 2.45) is 0 Å². The SMILES string of the molecule is CCNc1cc(COC)nc2ccc(N(C)C)cc12. The standard InChI is InChI=1S/C15H21N3O/c1-5-16-15-8-11(10-19-4)17-14-7-6-12(18(2)3)9-13(14)15/h6-9H,5,10H2,1-4H3,(H,16,17). The largest absolute Gasteiger partial charge is 0.385 e. The van der Waals surface area contributed by atoms with Crippen LogP contribution in [0, 0.1) is 0 Å². The number of benzene rings is 1. The Morgan fingerprint density at radius 2 is 2.05 bits per heavy atom. The second-order valence-corrected chi connectivity index (χ2v) is 4.72. The molecule has 4 nitrogen and oxygen atoms in total. The van der Waals surface area contributed by atoms with Crippen molar-refractivity contribution in [2.75, 3.05) is 38.0 Å². The Labute approximate surface area is 114 Å². The Hall–Kier alpha value is -1.81. The second kappa shape index (κ2) is 5.89. The highest BCUT2D eigenvalue weighted by Gasteiger charge is 2.07. The van der Waals surface area contributed by atoms with Gasteiger partial charge in [-0.25, -0.2) is 0 Å². The van der Waals surface area contributed by atoms with E-state index < -0.39 is 0 Å². The van der Waals surface area contributed by atoms with Crippen molar-refractivity contribution in [3.05, 3.63) is 30.0 Å². The van der Waals surface area contributed by atoms with Crippen LogP contribution in [-0.2, 0) is 11.3 Å². The lowest BCUT2D eigenvalue weighted by Gasteiger charge is -2.15. The van der Waals surface area contributed by atoms with Crippen molar-refractivity contribution in [3.8, 4) is 0 Å². The van der Waals surface area contributed by atoms with E-state index in [1.807, 2.05) is 14.1 Å². The summed E-state index contributed by atoms with van der Waals surface area (Å²) in [7, 11) is 5.77. The second-order valence-electron chi connectivity index (χ2n) is 4.72. The van der Waals surface area contributed by atoms with E-state index in [1.165, 1.54) is 5.69 Å². The molecule has 102 valence electrons. The van der Waals surface area contributed by atoms with Gasteiger partial charge >= 0.3 is 0 Å². The quantitative estimate of drug-likeness (QED) is 0.896. The summed E-state index contributed by atoms with van der Waals surface area (Å²) >= 11 is 0. The summed E-state index contributed by atoms with van der Waals surface area (Å²) in [5.41, 5.74) is 4.23. The maximum absolute atomic E-state index is 5.17. The number of rotatable bonds is 5. The summed E-state index contributed by atoms with van der Waals surface area (Å²) in [5.74, 6) is 0. The summed E-state index contributed by atoms with van der Waals surface area (Å²) < 4.78 is 5.17. The van der Waals surface area contributed by atoms with Gasteiger partial charge < -0.3 is 15.0 Å². The minimum absolute atomic E-state index is 0.532. The maximum Gasteiger partial charge on any atom is 0.0885 e. The fraction of sp³-hybridized carbons (Fsp3) is 0.400. The number of hydrogen-bond acceptors (Lipinski definition) is 4. The molecule has 0 fully saturated rings. The van der Waals surface area contributed by atoms with E-state index >= 15 is 0 Å². The molecule has 0 bridgehead atoms. The Morgan fingerprint density at radius 3 is 2.68 bits per heavy atom. The van der Waals surface area contributed by atoms with Gasteiger partial charge in [-0.15, -0.1) is 0 Å². The number of nitrogens with zero attached hydrogens (tertiary/aromatic N) is 2. The van der Waals surface area contributed by atoms with Gasteiger partial charge in [-0.3, -0.25) is 4.98 Å². The van der Waals surface area contributed by atoms with Crippen molar-refractivity contribution < 1.29 is 4.74 Å². The van der Waals surface area contributed by atoms with Crippen LogP contribution in [0.3, 0.4) is 0 Å². The lowest BCUT2D eigenvalue weighted by atomic mass is 10.1. The zero-order valence-corrected chi connectivity index (χ0v) is 12.0. The van der Waals surface area contributed by atoms with Gasteiger partial charge in [0.25, 0.3) is 0 Å². The molecule has 0 atom stereocenters. The van der Waals surface area contributed by atoms with Crippen LogP contribution in [0.15, 0.2) is 24.3 Å². The lowest BCUT2D eigenvalue weighted by Crippen LogP contribution is -2.09. The first kappa shape index (κ1) is 13.6. The van der Waals surface area contributed by atoms with E-state index in [4.69, 9.17) is 4.74 Å². The normalized spacial score (nSPS) is 10.7. The molecule has 1 heterocycles. The summed E-state index contributed by atoms with van der Waals surface area (Å²) in [4.78, 5) is 6.72. The van der Waals surface area contributed by atoms with Crippen molar-refractivity contribution in [3.63, 3.8) is 0 Å². The fourth-order valence-corrected chi connectivity index (χ4v) is 2.11. The predicted molar refractivity (Wildman–Crippen MR) is 80.9 cm³/mol. The number of nitrogens with one attached hydrogen (secondary N) is 1. The lowest BCUT2D eigenvalue weighted by molar-refractivity contribution is 0.182. The minimum Gasteiger partial charge on any atom is -0.385 e. The van der Waals surface area contributed by atoms with Crippen molar-refractivity contribution in [1.82, 2.24) is 4.98 Å². The molecule has 19 heavy (non-hydrogen) atoms. The Balaban J connectivity index is 2.57. The number of fused-ring (bicyclic) bond motifs is 1. The van der Waals surface area contributed by atoms with E-state index in [2.05, 4.69) is 46.4 Å². The average molecular weight is 259 g/mol. The Kier molecular flexibility index (Phi) is 4.22. The zero-order chi connectivity index (χ0) is 13.8. The van der Waals surface area contributed by atoms with Crippen LogP contribution in [0.1, 0.15) is 12.6 Å². The van der Waals surface area contributed by atoms with Crippen LogP contribution >= 0.6 is 0 Å². The molecule has 4 heteroatoms. The van der Waals surface area contributed by atoms with Gasteiger partial charge in [0.1, 0.15) is 0 Å². The number of methoxy groups -OCH3 is 1. The molecule has 0 aliphatic heterocycles. The van der Waals surface area contributed by atoms with Crippen molar-refractivity contribution in [2.45, 2.75) is 13.5 Å². The molecule has 0 aliphatic carbocycles. The first-order valence-corrected chi connectivity index (χ1v) is 6.49. The van der Waals surface area contributed by atoms with Crippen LogP contribution in [-0.4, -0.2) is 32.7 Å². The fourth-order valence-electron chi connectivity index (χ4n) is 2.11. The summed E-state index contributed by atoms with van der Waals surface area (Å²) in [6, 6.07) is 8.37. The maximum atomic E-state index is 5.17. The molecule has 0 saturated heterocycles. The highest BCUT2D eigenvalue weighted by atomic mass is 16.5. The summed E-state index contributed by atoms with van der Waals surface area (Å²) in [6.07, 6.45) is 0. The Morgan fingerprint density at radius 1 is 1.26 bits per heavy atom. The molecule has 0 radical (unpaired) electrons. The van der Waals surface area contributed by atoms with Gasteiger partial charge in [0.05, 0.1) is 17.8 Å². The first-order valence-electron chi connectivity index (χ1n) is 6.49. The number of hydrogen-bond donors (Lipinski definition) is 1. The van der Waals surface area contributed by atoms with Gasteiger partial charge in [0, 0.05) is 44.5 Å². The van der Waals surface area contributed by atoms with Crippen molar-refractivity contribution in [1.29, 1.82) is 0 Å². The number of pyridine rings is 1. The average Bonchev–Trinajstić information content (AvgIpc) is 2.39. The third kappa shape index (κ3) is 2.96. The molecule has 1 aromatic carbocycles. The van der Waals surface area contributed by atoms with Gasteiger partial charge in [0.15, 0.2) is 0 Å². The number of anilines is 2. The summed E-state index contributed by atoms with van der Waals surface area (Å²) in [6.45, 7) is 3.51. The molecule has 1 aromatic heterocycles. The molecule has 0 aliphatic rings. The van der Waals surface area contributed by atoms with Crippen LogP contribution in [0.5, 0.6) is 0 Å². The zero-order valence-electron chi connectivity index (χ0n) is 12.0. The van der Waals surface area contributed by atoms with E-state index in [0.717, 1.165) is 28.8 Å². The number of aromatic nitrogens is 1. The predicted octanol–water partition coefficient (Wildman–Crippen LogP) is 2.88. The highest BCUT2D eigenvalue weighted by molar-refractivity contribution is 5.93. The van der Waals surface area contributed by atoms with E-state index in [-0.39, 0.29) is 0 Å². The van der Waals surface area contributed by atoms with Crippen LogP contribution < -0.4 is 10.2 Å². The highest BCUT2D eigenvalue weighted by Crippen LogP contribution is 2.27. The molecule has 0 unspecified atom stereocenters. The summed E-state index contributed by atoms with van der Waals surface area (Å²) in [5, 5.41) is 4.55. The monoisotopic (exact) mass is 259 g/mol. The minimum atomic E-state index is 0.532. The van der Waals surface area contributed by atoms with Crippen LogP contribution in [0.25, 0.3) is 10.9 Å². The van der Waals surface area contributed by atoms with Crippen LogP contribution in [0.4, 0.5) is 11.4 Å². The van der Waals surface area contributed by atoms with Gasteiger partial charge in [0.2, 0.25) is 0 Å². The number of ether oxygens (including phenoxy) is 1. The molecule has 2 aromatic rings. The molecule has 2 rings (SSSR count). The van der Waals surface area contributed by atoms with E-state index in [9.17, 15) is 0 Å².